The average molecular weight is 187 g/mol. The fraction of sp³-hybridized carbons (Fsp3) is 0.889. The van der Waals surface area contributed by atoms with E-state index >= 15 is 0 Å². The lowest BCUT2D eigenvalue weighted by molar-refractivity contribution is -0.127. The molecule has 0 radical (unpaired) electrons. The second-order valence-electron chi connectivity index (χ2n) is 3.66. The molecular weight excluding hydrogens is 170 g/mol. The normalized spacial score (nSPS) is 33.3. The quantitative estimate of drug-likeness (QED) is 0.692. The minimum absolute atomic E-state index is 0.0771. The standard InChI is InChI=1S/C9H17NO3/c1-7-9(2,4-5-13-7)10-8(11)6-12-3/h7H,4-6H2,1-3H3,(H,10,11). The summed E-state index contributed by atoms with van der Waals surface area (Å²) in [6.07, 6.45) is 0.942. The lowest BCUT2D eigenvalue weighted by atomic mass is 9.95. The largest absolute Gasteiger partial charge is 0.376 e. The molecule has 76 valence electrons. The zero-order valence-electron chi connectivity index (χ0n) is 8.42. The average Bonchev–Trinajstić information content (AvgIpc) is 2.32. The lowest BCUT2D eigenvalue weighted by Crippen LogP contribution is -2.51. The van der Waals surface area contributed by atoms with Gasteiger partial charge < -0.3 is 14.8 Å². The molecule has 2 unspecified atom stereocenters. The van der Waals surface area contributed by atoms with Crippen LogP contribution in [0.2, 0.25) is 0 Å². The first kappa shape index (κ1) is 10.5. The minimum atomic E-state index is -0.227. The third-order valence-electron chi connectivity index (χ3n) is 2.59. The summed E-state index contributed by atoms with van der Waals surface area (Å²) >= 11 is 0. The van der Waals surface area contributed by atoms with E-state index in [1.54, 1.807) is 0 Å². The smallest absolute Gasteiger partial charge is 0.246 e. The first-order valence-corrected chi connectivity index (χ1v) is 4.50. The highest BCUT2D eigenvalue weighted by Gasteiger charge is 2.37. The number of carbonyl (C=O) groups excluding carboxylic acids is 1. The Morgan fingerprint density at radius 1 is 1.77 bits per heavy atom. The number of hydrogen-bond donors (Lipinski definition) is 1. The second kappa shape index (κ2) is 4.07. The molecule has 0 spiro atoms. The molecule has 1 rings (SSSR count). The van der Waals surface area contributed by atoms with E-state index in [0.717, 1.165) is 6.42 Å². The van der Waals surface area contributed by atoms with Crippen LogP contribution in [0.4, 0.5) is 0 Å². The Balaban J connectivity index is 2.46. The van der Waals surface area contributed by atoms with Gasteiger partial charge in [0.05, 0.1) is 11.6 Å². The molecule has 2 atom stereocenters. The van der Waals surface area contributed by atoms with E-state index < -0.39 is 0 Å². The monoisotopic (exact) mass is 187 g/mol. The number of nitrogens with one attached hydrogen (secondary N) is 1. The van der Waals surface area contributed by atoms with Crippen molar-refractivity contribution in [2.75, 3.05) is 20.3 Å². The van der Waals surface area contributed by atoms with Crippen molar-refractivity contribution in [3.63, 3.8) is 0 Å². The first-order valence-electron chi connectivity index (χ1n) is 4.50. The van der Waals surface area contributed by atoms with E-state index in [1.807, 2.05) is 13.8 Å². The predicted molar refractivity (Wildman–Crippen MR) is 48.5 cm³/mol. The van der Waals surface area contributed by atoms with Crippen molar-refractivity contribution in [1.82, 2.24) is 5.32 Å². The topological polar surface area (TPSA) is 47.6 Å². The Labute approximate surface area is 78.6 Å². The molecule has 13 heavy (non-hydrogen) atoms. The highest BCUT2D eigenvalue weighted by Crippen LogP contribution is 2.24. The predicted octanol–water partition coefficient (Wildman–Crippen LogP) is 0.317. The summed E-state index contributed by atoms with van der Waals surface area (Å²) in [4.78, 5) is 11.3. The summed E-state index contributed by atoms with van der Waals surface area (Å²) in [5.74, 6) is -0.0812. The number of amides is 1. The molecule has 1 amide bonds. The fourth-order valence-corrected chi connectivity index (χ4v) is 1.48. The van der Waals surface area contributed by atoms with Crippen molar-refractivity contribution in [3.05, 3.63) is 0 Å². The Morgan fingerprint density at radius 3 is 2.92 bits per heavy atom. The van der Waals surface area contributed by atoms with Crippen LogP contribution in [0.25, 0.3) is 0 Å². The maximum atomic E-state index is 11.3. The second-order valence-corrected chi connectivity index (χ2v) is 3.66. The van der Waals surface area contributed by atoms with Crippen molar-refractivity contribution in [3.8, 4) is 0 Å². The SMILES string of the molecule is COCC(=O)NC1(C)CCOC1C. The third kappa shape index (κ3) is 2.42. The van der Waals surface area contributed by atoms with Crippen LogP contribution in [-0.2, 0) is 14.3 Å². The van der Waals surface area contributed by atoms with Gasteiger partial charge in [-0.15, -0.1) is 0 Å². The van der Waals surface area contributed by atoms with Gasteiger partial charge in [0.2, 0.25) is 5.91 Å². The molecule has 1 fully saturated rings. The summed E-state index contributed by atoms with van der Waals surface area (Å²) in [6, 6.07) is 0. The molecule has 1 saturated heterocycles. The molecule has 0 bridgehead atoms. The zero-order valence-corrected chi connectivity index (χ0v) is 8.42. The van der Waals surface area contributed by atoms with E-state index in [1.165, 1.54) is 7.11 Å². The van der Waals surface area contributed by atoms with Crippen LogP contribution in [0.15, 0.2) is 0 Å². The Kier molecular flexibility index (Phi) is 3.27. The van der Waals surface area contributed by atoms with E-state index in [4.69, 9.17) is 9.47 Å². The number of hydrogen-bond acceptors (Lipinski definition) is 3. The van der Waals surface area contributed by atoms with Gasteiger partial charge in [-0.2, -0.15) is 0 Å². The van der Waals surface area contributed by atoms with Crippen LogP contribution >= 0.6 is 0 Å². The number of methoxy groups -OCH3 is 1. The van der Waals surface area contributed by atoms with Crippen molar-refractivity contribution in [2.24, 2.45) is 0 Å². The number of rotatable bonds is 3. The van der Waals surface area contributed by atoms with Crippen molar-refractivity contribution in [2.45, 2.75) is 31.9 Å². The van der Waals surface area contributed by atoms with Gasteiger partial charge in [0, 0.05) is 13.7 Å². The summed E-state index contributed by atoms with van der Waals surface area (Å²) in [5.41, 5.74) is -0.227. The van der Waals surface area contributed by atoms with Gasteiger partial charge in [0.25, 0.3) is 0 Å². The summed E-state index contributed by atoms with van der Waals surface area (Å²) in [7, 11) is 1.51. The zero-order chi connectivity index (χ0) is 9.90. The summed E-state index contributed by atoms with van der Waals surface area (Å²) in [6.45, 7) is 4.80. The summed E-state index contributed by atoms with van der Waals surface area (Å²) < 4.78 is 10.1. The lowest BCUT2D eigenvalue weighted by Gasteiger charge is -2.28. The molecule has 4 nitrogen and oxygen atoms in total. The Hall–Kier alpha value is -0.610. The summed E-state index contributed by atoms with van der Waals surface area (Å²) in [5, 5.41) is 2.92. The van der Waals surface area contributed by atoms with E-state index in [2.05, 4.69) is 5.32 Å². The molecular formula is C9H17NO3. The molecule has 1 aliphatic rings. The minimum Gasteiger partial charge on any atom is -0.376 e. The van der Waals surface area contributed by atoms with E-state index in [9.17, 15) is 4.79 Å². The van der Waals surface area contributed by atoms with E-state index in [-0.39, 0.29) is 24.2 Å². The van der Waals surface area contributed by atoms with Crippen LogP contribution in [-0.4, -0.2) is 37.9 Å². The number of carbonyl (C=O) groups is 1. The number of ether oxygens (including phenoxy) is 2. The molecule has 0 saturated carbocycles. The van der Waals surface area contributed by atoms with Gasteiger partial charge in [-0.3, -0.25) is 4.79 Å². The van der Waals surface area contributed by atoms with Crippen LogP contribution < -0.4 is 5.32 Å². The highest BCUT2D eigenvalue weighted by molar-refractivity contribution is 5.78. The van der Waals surface area contributed by atoms with Gasteiger partial charge in [0.1, 0.15) is 6.61 Å². The maximum Gasteiger partial charge on any atom is 0.246 e. The third-order valence-corrected chi connectivity index (χ3v) is 2.59. The molecule has 4 heteroatoms. The first-order chi connectivity index (χ1) is 6.08. The van der Waals surface area contributed by atoms with Crippen LogP contribution in [0.1, 0.15) is 20.3 Å². The van der Waals surface area contributed by atoms with Gasteiger partial charge in [-0.05, 0) is 20.3 Å². The van der Waals surface area contributed by atoms with Crippen LogP contribution in [0, 0.1) is 0 Å². The molecule has 1 heterocycles. The Bertz CT molecular complexity index is 195. The van der Waals surface area contributed by atoms with Crippen molar-refractivity contribution >= 4 is 5.91 Å². The molecule has 1 aliphatic heterocycles. The molecule has 0 aromatic carbocycles. The van der Waals surface area contributed by atoms with Crippen LogP contribution in [0.5, 0.6) is 0 Å². The van der Waals surface area contributed by atoms with Crippen molar-refractivity contribution < 1.29 is 14.3 Å². The maximum absolute atomic E-state index is 11.3. The van der Waals surface area contributed by atoms with Gasteiger partial charge in [0.15, 0.2) is 0 Å². The fourth-order valence-electron chi connectivity index (χ4n) is 1.48. The van der Waals surface area contributed by atoms with Gasteiger partial charge in [-0.25, -0.2) is 0 Å². The van der Waals surface area contributed by atoms with E-state index in [0.29, 0.717) is 6.61 Å². The van der Waals surface area contributed by atoms with Gasteiger partial charge in [-0.1, -0.05) is 0 Å². The molecule has 1 N–H and O–H groups in total. The Morgan fingerprint density at radius 2 is 2.46 bits per heavy atom. The molecule has 0 aliphatic carbocycles. The van der Waals surface area contributed by atoms with Gasteiger partial charge >= 0.3 is 0 Å². The van der Waals surface area contributed by atoms with Crippen LogP contribution in [0.3, 0.4) is 0 Å². The molecule has 0 aromatic heterocycles. The highest BCUT2D eigenvalue weighted by atomic mass is 16.5. The molecule has 0 aromatic rings. The van der Waals surface area contributed by atoms with Crippen molar-refractivity contribution in [1.29, 1.82) is 0 Å².